The van der Waals surface area contributed by atoms with Crippen LogP contribution in [0.1, 0.15) is 12.0 Å². The highest BCUT2D eigenvalue weighted by atomic mass is 32.2. The van der Waals surface area contributed by atoms with Gasteiger partial charge >= 0.3 is 0 Å². The molecule has 9 heteroatoms. The minimum absolute atomic E-state index is 0.00158. The zero-order chi connectivity index (χ0) is 15.8. The third-order valence-electron chi connectivity index (χ3n) is 3.37. The third-order valence-corrected chi connectivity index (χ3v) is 6.32. The molecule has 1 aliphatic rings. The average Bonchev–Trinajstić information content (AvgIpc) is 2.75. The second-order valence-corrected chi connectivity index (χ2v) is 8.80. The van der Waals surface area contributed by atoms with Crippen molar-refractivity contribution in [2.75, 3.05) is 19.3 Å². The molecule has 2 rings (SSSR count). The zero-order valence-corrected chi connectivity index (χ0v) is 13.3. The van der Waals surface area contributed by atoms with E-state index in [9.17, 15) is 21.2 Å². The summed E-state index contributed by atoms with van der Waals surface area (Å²) in [7, 11) is -7.12. The van der Waals surface area contributed by atoms with Crippen LogP contribution in [0.5, 0.6) is 0 Å². The van der Waals surface area contributed by atoms with Gasteiger partial charge in [0, 0.05) is 19.1 Å². The Balaban J connectivity index is 2.16. The highest BCUT2D eigenvalue weighted by molar-refractivity contribution is 7.89. The van der Waals surface area contributed by atoms with E-state index in [1.165, 1.54) is 17.3 Å². The molecule has 0 amide bonds. The van der Waals surface area contributed by atoms with Crippen molar-refractivity contribution in [3.63, 3.8) is 0 Å². The molecule has 1 fully saturated rings. The molecule has 0 spiro atoms. The van der Waals surface area contributed by atoms with Crippen LogP contribution in [0.15, 0.2) is 23.1 Å². The van der Waals surface area contributed by atoms with Gasteiger partial charge in [-0.25, -0.2) is 30.3 Å². The maximum Gasteiger partial charge on any atom is 0.241 e. The van der Waals surface area contributed by atoms with E-state index in [1.807, 2.05) is 0 Å². The van der Waals surface area contributed by atoms with Gasteiger partial charge in [-0.05, 0) is 37.1 Å². The van der Waals surface area contributed by atoms with Gasteiger partial charge in [-0.1, -0.05) is 0 Å². The number of nitrogens with zero attached hydrogens (tertiary/aromatic N) is 1. The molecule has 1 aromatic carbocycles. The molecule has 0 aromatic heterocycles. The SMILES string of the molecule is Cc1cc(F)ccc1S(=O)(=O)NC1CCN(S(C)(=O)=O)C1. The topological polar surface area (TPSA) is 83.6 Å². The van der Waals surface area contributed by atoms with Crippen LogP contribution in [0.4, 0.5) is 4.39 Å². The number of halogens is 1. The van der Waals surface area contributed by atoms with E-state index in [-0.39, 0.29) is 18.0 Å². The lowest BCUT2D eigenvalue weighted by Gasteiger charge is -2.15. The van der Waals surface area contributed by atoms with Gasteiger partial charge in [-0.2, -0.15) is 0 Å². The molecule has 21 heavy (non-hydrogen) atoms. The van der Waals surface area contributed by atoms with Crippen LogP contribution in [0.3, 0.4) is 0 Å². The van der Waals surface area contributed by atoms with E-state index in [2.05, 4.69) is 4.72 Å². The van der Waals surface area contributed by atoms with Crippen molar-refractivity contribution in [3.8, 4) is 0 Å². The fourth-order valence-corrected chi connectivity index (χ4v) is 4.70. The van der Waals surface area contributed by atoms with E-state index in [0.717, 1.165) is 18.4 Å². The number of hydrogen-bond acceptors (Lipinski definition) is 4. The summed E-state index contributed by atoms with van der Waals surface area (Å²) in [6.07, 6.45) is 1.50. The molecule has 6 nitrogen and oxygen atoms in total. The molecular formula is C12H17FN2O4S2. The van der Waals surface area contributed by atoms with E-state index < -0.39 is 31.9 Å². The fraction of sp³-hybridized carbons (Fsp3) is 0.500. The first kappa shape index (κ1) is 16.3. The van der Waals surface area contributed by atoms with E-state index in [4.69, 9.17) is 0 Å². The monoisotopic (exact) mass is 336 g/mol. The van der Waals surface area contributed by atoms with Crippen molar-refractivity contribution in [2.24, 2.45) is 0 Å². The highest BCUT2D eigenvalue weighted by Crippen LogP contribution is 2.19. The third kappa shape index (κ3) is 3.79. The van der Waals surface area contributed by atoms with Crippen molar-refractivity contribution in [2.45, 2.75) is 24.3 Å². The molecule has 1 atom stereocenters. The predicted octanol–water partition coefficient (Wildman–Crippen LogP) is 0.446. The summed E-state index contributed by atoms with van der Waals surface area (Å²) < 4.78 is 64.1. The molecule has 1 heterocycles. The first-order valence-corrected chi connectivity index (χ1v) is 9.66. The Bertz CT molecular complexity index is 747. The summed E-state index contributed by atoms with van der Waals surface area (Å²) >= 11 is 0. The van der Waals surface area contributed by atoms with Gasteiger partial charge in [-0.15, -0.1) is 0 Å². The summed E-state index contributed by atoms with van der Waals surface area (Å²) in [6, 6.07) is 2.95. The number of sulfonamides is 2. The molecule has 0 radical (unpaired) electrons. The minimum atomic E-state index is -3.80. The smallest absolute Gasteiger partial charge is 0.213 e. The van der Waals surface area contributed by atoms with Gasteiger partial charge in [0.25, 0.3) is 0 Å². The number of rotatable bonds is 4. The standard InChI is InChI=1S/C12H17FN2O4S2/c1-9-7-10(13)3-4-12(9)21(18,19)14-11-5-6-15(8-11)20(2,16)17/h3-4,7,11,14H,5-6,8H2,1-2H3. The summed E-state index contributed by atoms with van der Waals surface area (Å²) in [5.74, 6) is -0.504. The lowest BCUT2D eigenvalue weighted by Crippen LogP contribution is -2.38. The van der Waals surface area contributed by atoms with Gasteiger partial charge in [-0.3, -0.25) is 0 Å². The number of nitrogens with one attached hydrogen (secondary N) is 1. The summed E-state index contributed by atoms with van der Waals surface area (Å²) in [5, 5.41) is 0. The Morgan fingerprint density at radius 3 is 2.48 bits per heavy atom. The summed E-state index contributed by atoms with van der Waals surface area (Å²) in [5.41, 5.74) is 0.306. The van der Waals surface area contributed by atoms with Crippen LogP contribution in [-0.2, 0) is 20.0 Å². The highest BCUT2D eigenvalue weighted by Gasteiger charge is 2.31. The van der Waals surface area contributed by atoms with E-state index in [1.54, 1.807) is 0 Å². The van der Waals surface area contributed by atoms with Crippen LogP contribution in [0.2, 0.25) is 0 Å². The van der Waals surface area contributed by atoms with Crippen molar-refractivity contribution in [1.29, 1.82) is 0 Å². The van der Waals surface area contributed by atoms with Crippen LogP contribution >= 0.6 is 0 Å². The van der Waals surface area contributed by atoms with Crippen molar-refractivity contribution >= 4 is 20.0 Å². The second kappa shape index (κ2) is 5.64. The Morgan fingerprint density at radius 1 is 1.29 bits per heavy atom. The molecule has 1 N–H and O–H groups in total. The number of aryl methyl sites for hydroxylation is 1. The van der Waals surface area contributed by atoms with Crippen LogP contribution in [0, 0.1) is 12.7 Å². The molecule has 0 saturated carbocycles. The maximum atomic E-state index is 13.0. The molecule has 1 aliphatic heterocycles. The Labute approximate surface area is 124 Å². The van der Waals surface area contributed by atoms with E-state index in [0.29, 0.717) is 12.0 Å². The van der Waals surface area contributed by atoms with Gasteiger partial charge < -0.3 is 0 Å². The van der Waals surface area contributed by atoms with Crippen molar-refractivity contribution < 1.29 is 21.2 Å². The minimum Gasteiger partial charge on any atom is -0.213 e. The zero-order valence-electron chi connectivity index (χ0n) is 11.7. The maximum absolute atomic E-state index is 13.0. The fourth-order valence-electron chi connectivity index (χ4n) is 2.32. The molecule has 1 unspecified atom stereocenters. The summed E-state index contributed by atoms with van der Waals surface area (Å²) in [6.45, 7) is 1.90. The molecule has 1 saturated heterocycles. The molecule has 0 bridgehead atoms. The van der Waals surface area contributed by atoms with Crippen molar-refractivity contribution in [1.82, 2.24) is 9.03 Å². The van der Waals surface area contributed by atoms with Crippen LogP contribution in [0.25, 0.3) is 0 Å². The number of hydrogen-bond donors (Lipinski definition) is 1. The van der Waals surface area contributed by atoms with E-state index >= 15 is 0 Å². The Hall–Kier alpha value is -1.03. The number of benzene rings is 1. The second-order valence-electron chi connectivity index (χ2n) is 5.14. The van der Waals surface area contributed by atoms with Crippen LogP contribution in [-0.4, -0.2) is 46.5 Å². The van der Waals surface area contributed by atoms with Gasteiger partial charge in [0.05, 0.1) is 11.2 Å². The molecular weight excluding hydrogens is 319 g/mol. The molecule has 118 valence electrons. The molecule has 1 aromatic rings. The van der Waals surface area contributed by atoms with Crippen molar-refractivity contribution in [3.05, 3.63) is 29.6 Å². The largest absolute Gasteiger partial charge is 0.241 e. The molecule has 0 aliphatic carbocycles. The average molecular weight is 336 g/mol. The van der Waals surface area contributed by atoms with Crippen LogP contribution < -0.4 is 4.72 Å². The van der Waals surface area contributed by atoms with Gasteiger partial charge in [0.15, 0.2) is 0 Å². The lowest BCUT2D eigenvalue weighted by atomic mass is 10.2. The first-order valence-electron chi connectivity index (χ1n) is 6.33. The van der Waals surface area contributed by atoms with Gasteiger partial charge in [0.2, 0.25) is 20.0 Å². The Kier molecular flexibility index (Phi) is 4.39. The predicted molar refractivity (Wildman–Crippen MR) is 76.3 cm³/mol. The quantitative estimate of drug-likeness (QED) is 0.865. The lowest BCUT2D eigenvalue weighted by molar-refractivity contribution is 0.472. The first-order chi connectivity index (χ1) is 9.59. The normalized spacial score (nSPS) is 20.8. The van der Waals surface area contributed by atoms with Gasteiger partial charge in [0.1, 0.15) is 5.82 Å². The summed E-state index contributed by atoms with van der Waals surface area (Å²) in [4.78, 5) is 0.00158. The Morgan fingerprint density at radius 2 is 1.95 bits per heavy atom.